The molecule has 3 nitrogen and oxygen atoms in total. The van der Waals surface area contributed by atoms with Gasteiger partial charge in [0.2, 0.25) is 5.91 Å². The molecule has 2 N–H and O–H groups in total. The van der Waals surface area contributed by atoms with Gasteiger partial charge in [0.15, 0.2) is 0 Å². The number of rotatable bonds is 1. The van der Waals surface area contributed by atoms with Crippen molar-refractivity contribution in [3.8, 4) is 0 Å². The summed E-state index contributed by atoms with van der Waals surface area (Å²) >= 11 is 3.52. The third-order valence-electron chi connectivity index (χ3n) is 3.10. The van der Waals surface area contributed by atoms with E-state index < -0.39 is 0 Å². The second-order valence-corrected chi connectivity index (χ2v) is 5.02. The molecular formula is C13H11BrN2O. The predicted molar refractivity (Wildman–Crippen MR) is 72.0 cm³/mol. The molecule has 1 aliphatic rings. The summed E-state index contributed by atoms with van der Waals surface area (Å²) in [6.45, 7) is 0.602. The van der Waals surface area contributed by atoms with Crippen LogP contribution in [0.4, 0.5) is 5.69 Å². The second-order valence-electron chi connectivity index (χ2n) is 4.17. The Labute approximate surface area is 107 Å². The summed E-state index contributed by atoms with van der Waals surface area (Å²) in [6.07, 6.45) is 0. The van der Waals surface area contributed by atoms with E-state index in [1.807, 2.05) is 36.4 Å². The number of fused-ring (bicyclic) bond motifs is 1. The largest absolute Gasteiger partial charge is 0.318 e. The Bertz CT molecular complexity index is 611. The summed E-state index contributed by atoms with van der Waals surface area (Å²) in [6, 6.07) is 11.6. The van der Waals surface area contributed by atoms with Crippen molar-refractivity contribution in [1.29, 1.82) is 0 Å². The molecule has 1 amide bonds. The van der Waals surface area contributed by atoms with Crippen molar-refractivity contribution >= 4 is 38.3 Å². The molecule has 1 fully saturated rings. The van der Waals surface area contributed by atoms with Crippen molar-refractivity contribution in [2.45, 2.75) is 6.04 Å². The minimum atomic E-state index is -0.336. The molecule has 1 unspecified atom stereocenters. The number of anilines is 1. The lowest BCUT2D eigenvalue weighted by molar-refractivity contribution is -0.123. The molecule has 0 aromatic heterocycles. The highest BCUT2D eigenvalue weighted by atomic mass is 79.9. The molecule has 1 heterocycles. The Balaban J connectivity index is 2.18. The van der Waals surface area contributed by atoms with Gasteiger partial charge in [0.05, 0.1) is 12.2 Å². The maximum absolute atomic E-state index is 11.7. The van der Waals surface area contributed by atoms with Gasteiger partial charge in [0, 0.05) is 9.86 Å². The first-order valence-electron chi connectivity index (χ1n) is 5.42. The van der Waals surface area contributed by atoms with E-state index in [2.05, 4.69) is 15.9 Å². The zero-order valence-corrected chi connectivity index (χ0v) is 10.6. The Morgan fingerprint density at radius 1 is 1.18 bits per heavy atom. The van der Waals surface area contributed by atoms with Crippen molar-refractivity contribution < 1.29 is 4.79 Å². The number of β-lactam (4-membered cyclic amide) rings is 1. The van der Waals surface area contributed by atoms with E-state index in [9.17, 15) is 4.79 Å². The van der Waals surface area contributed by atoms with Crippen LogP contribution in [0.1, 0.15) is 0 Å². The van der Waals surface area contributed by atoms with Gasteiger partial charge >= 0.3 is 0 Å². The zero-order chi connectivity index (χ0) is 12.0. The summed E-state index contributed by atoms with van der Waals surface area (Å²) < 4.78 is 1.04. The summed E-state index contributed by atoms with van der Waals surface area (Å²) in [5.74, 6) is -0.00234. The maximum Gasteiger partial charge on any atom is 0.245 e. The fourth-order valence-electron chi connectivity index (χ4n) is 2.15. The van der Waals surface area contributed by atoms with E-state index >= 15 is 0 Å². The molecule has 17 heavy (non-hydrogen) atoms. The number of hydrogen-bond donors (Lipinski definition) is 1. The summed E-state index contributed by atoms with van der Waals surface area (Å²) in [5, 5.41) is 2.18. The average molecular weight is 291 g/mol. The van der Waals surface area contributed by atoms with Crippen LogP contribution in [0.25, 0.3) is 10.8 Å². The first kappa shape index (κ1) is 10.7. The highest BCUT2D eigenvalue weighted by Crippen LogP contribution is 2.34. The van der Waals surface area contributed by atoms with Crippen LogP contribution in [-0.2, 0) is 4.79 Å². The summed E-state index contributed by atoms with van der Waals surface area (Å²) in [7, 11) is 0. The second kappa shape index (κ2) is 3.82. The van der Waals surface area contributed by atoms with Gasteiger partial charge in [0.25, 0.3) is 0 Å². The van der Waals surface area contributed by atoms with Gasteiger partial charge in [-0.1, -0.05) is 40.2 Å². The SMILES string of the molecule is NC1CN(c2ccc(Br)c3ccccc23)C1=O. The van der Waals surface area contributed by atoms with Crippen LogP contribution in [0.2, 0.25) is 0 Å². The molecule has 0 saturated carbocycles. The van der Waals surface area contributed by atoms with Crippen LogP contribution in [0, 0.1) is 0 Å². The normalized spacial score (nSPS) is 19.5. The van der Waals surface area contributed by atoms with Crippen molar-refractivity contribution in [3.63, 3.8) is 0 Å². The fourth-order valence-corrected chi connectivity index (χ4v) is 2.63. The number of benzene rings is 2. The van der Waals surface area contributed by atoms with E-state index in [1.165, 1.54) is 0 Å². The highest BCUT2D eigenvalue weighted by molar-refractivity contribution is 9.10. The van der Waals surface area contributed by atoms with Gasteiger partial charge in [-0.05, 0) is 17.5 Å². The van der Waals surface area contributed by atoms with Crippen LogP contribution in [0.3, 0.4) is 0 Å². The molecule has 86 valence electrons. The van der Waals surface area contributed by atoms with E-state index in [1.54, 1.807) is 4.90 Å². The number of carbonyl (C=O) groups is 1. The first-order valence-corrected chi connectivity index (χ1v) is 6.22. The third-order valence-corrected chi connectivity index (χ3v) is 3.79. The Kier molecular flexibility index (Phi) is 2.42. The van der Waals surface area contributed by atoms with Gasteiger partial charge in [-0.15, -0.1) is 0 Å². The molecule has 3 rings (SSSR count). The van der Waals surface area contributed by atoms with Crippen LogP contribution < -0.4 is 10.6 Å². The van der Waals surface area contributed by atoms with Crippen LogP contribution in [-0.4, -0.2) is 18.5 Å². The molecule has 1 saturated heterocycles. The van der Waals surface area contributed by atoms with Crippen LogP contribution in [0.5, 0.6) is 0 Å². The molecule has 2 aromatic carbocycles. The molecule has 0 bridgehead atoms. The van der Waals surface area contributed by atoms with Gasteiger partial charge in [-0.2, -0.15) is 0 Å². The molecule has 0 spiro atoms. The van der Waals surface area contributed by atoms with Gasteiger partial charge in [-0.25, -0.2) is 0 Å². The van der Waals surface area contributed by atoms with Gasteiger partial charge < -0.3 is 10.6 Å². The standard InChI is InChI=1S/C13H11BrN2O/c14-10-5-6-12(16-7-11(15)13(16)17)9-4-2-1-3-8(9)10/h1-6,11H,7,15H2. The molecular weight excluding hydrogens is 280 g/mol. The lowest BCUT2D eigenvalue weighted by Crippen LogP contribution is -2.61. The number of nitrogens with zero attached hydrogens (tertiary/aromatic N) is 1. The highest BCUT2D eigenvalue weighted by Gasteiger charge is 2.35. The Hall–Kier alpha value is -1.39. The first-order chi connectivity index (χ1) is 8.18. The monoisotopic (exact) mass is 290 g/mol. The fraction of sp³-hybridized carbons (Fsp3) is 0.154. The smallest absolute Gasteiger partial charge is 0.245 e. The predicted octanol–water partition coefficient (Wildman–Crippen LogP) is 2.28. The third kappa shape index (κ3) is 1.56. The molecule has 2 aromatic rings. The van der Waals surface area contributed by atoms with Crippen LogP contribution >= 0.6 is 15.9 Å². The summed E-state index contributed by atoms with van der Waals surface area (Å²) in [5.41, 5.74) is 6.56. The van der Waals surface area contributed by atoms with Crippen molar-refractivity contribution in [3.05, 3.63) is 40.9 Å². The molecule has 1 atom stereocenters. The van der Waals surface area contributed by atoms with Crippen molar-refractivity contribution in [2.24, 2.45) is 5.73 Å². The number of nitrogens with two attached hydrogens (primary N) is 1. The number of hydrogen-bond acceptors (Lipinski definition) is 2. The quantitative estimate of drug-likeness (QED) is 0.819. The average Bonchev–Trinajstić information content (AvgIpc) is 2.37. The lowest BCUT2D eigenvalue weighted by atomic mass is 10.0. The van der Waals surface area contributed by atoms with Gasteiger partial charge in [0.1, 0.15) is 6.04 Å². The van der Waals surface area contributed by atoms with Crippen LogP contribution in [0.15, 0.2) is 40.9 Å². The van der Waals surface area contributed by atoms with Crippen molar-refractivity contribution in [1.82, 2.24) is 0 Å². The summed E-state index contributed by atoms with van der Waals surface area (Å²) in [4.78, 5) is 13.4. The van der Waals surface area contributed by atoms with Gasteiger partial charge in [-0.3, -0.25) is 4.79 Å². The molecule has 4 heteroatoms. The minimum absolute atomic E-state index is 0.00234. The number of halogens is 1. The number of carbonyl (C=O) groups excluding carboxylic acids is 1. The maximum atomic E-state index is 11.7. The zero-order valence-electron chi connectivity index (χ0n) is 9.06. The Morgan fingerprint density at radius 3 is 2.53 bits per heavy atom. The number of amides is 1. The lowest BCUT2D eigenvalue weighted by Gasteiger charge is -2.36. The molecule has 0 aliphatic carbocycles. The molecule has 0 radical (unpaired) electrons. The van der Waals surface area contributed by atoms with E-state index in [0.717, 1.165) is 20.9 Å². The Morgan fingerprint density at radius 2 is 1.88 bits per heavy atom. The van der Waals surface area contributed by atoms with E-state index in [-0.39, 0.29) is 11.9 Å². The van der Waals surface area contributed by atoms with Crippen molar-refractivity contribution in [2.75, 3.05) is 11.4 Å². The van der Waals surface area contributed by atoms with E-state index in [4.69, 9.17) is 5.73 Å². The molecule has 1 aliphatic heterocycles. The topological polar surface area (TPSA) is 46.3 Å². The minimum Gasteiger partial charge on any atom is -0.318 e. The van der Waals surface area contributed by atoms with E-state index in [0.29, 0.717) is 6.54 Å².